The minimum Gasteiger partial charge on any atom is -0.152 e. The van der Waals surface area contributed by atoms with Crippen molar-refractivity contribution in [1.29, 1.82) is 0 Å². The van der Waals surface area contributed by atoms with Gasteiger partial charge >= 0.3 is 0 Å². The summed E-state index contributed by atoms with van der Waals surface area (Å²) in [6.07, 6.45) is 3.28. The van der Waals surface area contributed by atoms with Crippen LogP contribution in [0, 0.1) is 6.42 Å². The third-order valence-corrected chi connectivity index (χ3v) is 1.75. The molecule has 0 N–H and O–H groups in total. The van der Waals surface area contributed by atoms with E-state index in [9.17, 15) is 0 Å². The van der Waals surface area contributed by atoms with Crippen LogP contribution in [0.4, 0.5) is 0 Å². The highest BCUT2D eigenvalue weighted by Crippen LogP contribution is 2.06. The van der Waals surface area contributed by atoms with E-state index in [1.165, 1.54) is 5.56 Å². The lowest BCUT2D eigenvalue weighted by molar-refractivity contribution is 1.16. The average molecular weight is 125 g/mol. The van der Waals surface area contributed by atoms with Gasteiger partial charge in [-0.05, 0) is 35.2 Å². The molecule has 0 unspecified atom stereocenters. The molecule has 0 saturated heterocycles. The lowest BCUT2D eigenvalue weighted by Crippen LogP contribution is -1.74. The molecule has 0 fully saturated rings. The summed E-state index contributed by atoms with van der Waals surface area (Å²) in [7, 11) is 0. The maximum Gasteiger partial charge on any atom is -0.00612 e. The molecule has 1 radical (unpaired) electrons. The molecule has 1 aromatic rings. The Balaban J connectivity index is 2.50. The summed E-state index contributed by atoms with van der Waals surface area (Å²) in [5.41, 5.74) is 1.43. The van der Waals surface area contributed by atoms with Gasteiger partial charge in [0.1, 0.15) is 0 Å². The molecule has 1 rings (SSSR count). The van der Waals surface area contributed by atoms with Crippen LogP contribution in [0.25, 0.3) is 0 Å². The molecule has 0 atom stereocenters. The number of hydrogen-bond donors (Lipinski definition) is 0. The van der Waals surface area contributed by atoms with Crippen molar-refractivity contribution in [2.75, 3.05) is 0 Å². The van der Waals surface area contributed by atoms with Gasteiger partial charge in [-0.15, -0.1) is 0 Å². The summed E-state index contributed by atoms with van der Waals surface area (Å²) < 4.78 is 0. The SMILES string of the molecule is C[CH]Cc1ccsc1. The lowest BCUT2D eigenvalue weighted by atomic mass is 10.2. The highest BCUT2D eigenvalue weighted by atomic mass is 32.1. The summed E-state index contributed by atoms with van der Waals surface area (Å²) in [4.78, 5) is 0. The van der Waals surface area contributed by atoms with Gasteiger partial charge in [0, 0.05) is 0 Å². The monoisotopic (exact) mass is 125 g/mol. The van der Waals surface area contributed by atoms with Gasteiger partial charge in [0.15, 0.2) is 0 Å². The molecular weight excluding hydrogens is 116 g/mol. The fraction of sp³-hybridized carbons (Fsp3) is 0.286. The van der Waals surface area contributed by atoms with E-state index in [0.717, 1.165) is 6.42 Å². The lowest BCUT2D eigenvalue weighted by Gasteiger charge is -1.85. The third-order valence-electron chi connectivity index (χ3n) is 1.02. The molecule has 1 heterocycles. The first-order valence-corrected chi connectivity index (χ1v) is 3.66. The van der Waals surface area contributed by atoms with Gasteiger partial charge in [-0.3, -0.25) is 0 Å². The minimum atomic E-state index is 1.11. The molecule has 0 amide bonds. The molecular formula is C7H9S. The van der Waals surface area contributed by atoms with E-state index in [2.05, 4.69) is 30.2 Å². The molecule has 1 aromatic heterocycles. The van der Waals surface area contributed by atoms with Crippen LogP contribution in [0.3, 0.4) is 0 Å². The van der Waals surface area contributed by atoms with Gasteiger partial charge in [-0.2, -0.15) is 11.3 Å². The van der Waals surface area contributed by atoms with Crippen LogP contribution in [-0.4, -0.2) is 0 Å². The van der Waals surface area contributed by atoms with Crippen molar-refractivity contribution in [1.82, 2.24) is 0 Å². The second-order valence-electron chi connectivity index (χ2n) is 1.74. The van der Waals surface area contributed by atoms with E-state index < -0.39 is 0 Å². The van der Waals surface area contributed by atoms with Crippen molar-refractivity contribution in [2.24, 2.45) is 0 Å². The smallest absolute Gasteiger partial charge is 0.00612 e. The summed E-state index contributed by atoms with van der Waals surface area (Å²) in [6.45, 7) is 2.08. The zero-order valence-corrected chi connectivity index (χ0v) is 5.74. The first-order valence-electron chi connectivity index (χ1n) is 2.72. The Morgan fingerprint density at radius 1 is 1.75 bits per heavy atom. The second-order valence-corrected chi connectivity index (χ2v) is 2.52. The van der Waals surface area contributed by atoms with Crippen molar-refractivity contribution in [3.8, 4) is 0 Å². The molecule has 0 aliphatic carbocycles. The second kappa shape index (κ2) is 2.88. The quantitative estimate of drug-likeness (QED) is 0.569. The maximum atomic E-state index is 2.18. The highest BCUT2D eigenvalue weighted by Gasteiger charge is 1.86. The van der Waals surface area contributed by atoms with E-state index >= 15 is 0 Å². The van der Waals surface area contributed by atoms with E-state index in [1.54, 1.807) is 11.3 Å². The normalized spacial score (nSPS) is 9.62. The van der Waals surface area contributed by atoms with Gasteiger partial charge in [0.2, 0.25) is 0 Å². The van der Waals surface area contributed by atoms with Crippen molar-refractivity contribution in [3.05, 3.63) is 28.8 Å². The molecule has 0 aliphatic heterocycles. The highest BCUT2D eigenvalue weighted by molar-refractivity contribution is 7.07. The van der Waals surface area contributed by atoms with Crippen LogP contribution >= 0.6 is 11.3 Å². The van der Waals surface area contributed by atoms with Crippen LogP contribution in [0.15, 0.2) is 16.8 Å². The largest absolute Gasteiger partial charge is 0.152 e. The van der Waals surface area contributed by atoms with E-state index in [4.69, 9.17) is 0 Å². The number of hydrogen-bond acceptors (Lipinski definition) is 1. The Kier molecular flexibility index (Phi) is 2.10. The van der Waals surface area contributed by atoms with E-state index in [0.29, 0.717) is 0 Å². The van der Waals surface area contributed by atoms with Crippen LogP contribution in [0.5, 0.6) is 0 Å². The van der Waals surface area contributed by atoms with Gasteiger partial charge < -0.3 is 0 Å². The van der Waals surface area contributed by atoms with Crippen LogP contribution < -0.4 is 0 Å². The van der Waals surface area contributed by atoms with Gasteiger partial charge in [-0.1, -0.05) is 6.92 Å². The maximum absolute atomic E-state index is 2.18. The Labute approximate surface area is 54.2 Å². The Hall–Kier alpha value is -0.300. The van der Waals surface area contributed by atoms with Crippen LogP contribution in [0.2, 0.25) is 0 Å². The minimum absolute atomic E-state index is 1.11. The Bertz CT molecular complexity index is 130. The summed E-state index contributed by atoms with van der Waals surface area (Å²) in [5, 5.41) is 4.29. The van der Waals surface area contributed by atoms with Crippen molar-refractivity contribution >= 4 is 11.3 Å². The molecule has 0 aromatic carbocycles. The molecule has 0 saturated carbocycles. The molecule has 0 bridgehead atoms. The topological polar surface area (TPSA) is 0 Å². The zero-order chi connectivity index (χ0) is 5.82. The zero-order valence-electron chi connectivity index (χ0n) is 4.92. The molecule has 0 spiro atoms. The van der Waals surface area contributed by atoms with Crippen LogP contribution in [-0.2, 0) is 6.42 Å². The third kappa shape index (κ3) is 1.34. The average Bonchev–Trinajstić information content (AvgIpc) is 2.19. The molecule has 1 heteroatoms. The number of thiophene rings is 1. The van der Waals surface area contributed by atoms with Crippen molar-refractivity contribution in [2.45, 2.75) is 13.3 Å². The summed E-state index contributed by atoms with van der Waals surface area (Å²) in [6, 6.07) is 2.16. The number of rotatable bonds is 2. The van der Waals surface area contributed by atoms with Gasteiger partial charge in [0.25, 0.3) is 0 Å². The molecule has 8 heavy (non-hydrogen) atoms. The Morgan fingerprint density at radius 2 is 2.62 bits per heavy atom. The summed E-state index contributed by atoms with van der Waals surface area (Å²) in [5.74, 6) is 0. The van der Waals surface area contributed by atoms with E-state index in [1.807, 2.05) is 0 Å². The molecule has 0 nitrogen and oxygen atoms in total. The Morgan fingerprint density at radius 3 is 3.12 bits per heavy atom. The molecule has 0 aliphatic rings. The summed E-state index contributed by atoms with van der Waals surface area (Å²) >= 11 is 1.76. The predicted molar refractivity (Wildman–Crippen MR) is 38.0 cm³/mol. The van der Waals surface area contributed by atoms with Gasteiger partial charge in [-0.25, -0.2) is 0 Å². The molecule has 43 valence electrons. The fourth-order valence-corrected chi connectivity index (χ4v) is 1.33. The fourth-order valence-electron chi connectivity index (χ4n) is 0.644. The predicted octanol–water partition coefficient (Wildman–Crippen LogP) is 2.51. The van der Waals surface area contributed by atoms with Crippen LogP contribution in [0.1, 0.15) is 12.5 Å². The first kappa shape index (κ1) is 5.83. The standard InChI is InChI=1S/C7H9S/c1-2-3-7-4-5-8-6-7/h2,4-6H,3H2,1H3. The first-order chi connectivity index (χ1) is 3.93. The van der Waals surface area contributed by atoms with Crippen molar-refractivity contribution in [3.63, 3.8) is 0 Å². The van der Waals surface area contributed by atoms with Gasteiger partial charge in [0.05, 0.1) is 0 Å². The van der Waals surface area contributed by atoms with Crippen molar-refractivity contribution < 1.29 is 0 Å². The van der Waals surface area contributed by atoms with E-state index in [-0.39, 0.29) is 0 Å².